The van der Waals surface area contributed by atoms with Crippen molar-refractivity contribution in [2.24, 2.45) is 11.8 Å². The van der Waals surface area contributed by atoms with Crippen LogP contribution in [0.25, 0.3) is 0 Å². The Morgan fingerprint density at radius 1 is 1.05 bits per heavy atom. The van der Waals surface area contributed by atoms with Crippen LogP contribution in [0.1, 0.15) is 51.9 Å². The number of methoxy groups -OCH3 is 1. The first-order valence-corrected chi connectivity index (χ1v) is 8.15. The normalized spacial score (nSPS) is 23.7. The van der Waals surface area contributed by atoms with Crippen LogP contribution >= 0.6 is 0 Å². The van der Waals surface area contributed by atoms with E-state index in [2.05, 4.69) is 12.2 Å². The van der Waals surface area contributed by atoms with E-state index >= 15 is 0 Å². The van der Waals surface area contributed by atoms with E-state index in [1.165, 1.54) is 58.0 Å². The van der Waals surface area contributed by atoms with Crippen LogP contribution in [0.15, 0.2) is 0 Å². The molecule has 0 aliphatic heterocycles. The fraction of sp³-hybridized carbons (Fsp3) is 1.00. The predicted molar refractivity (Wildman–Crippen MR) is 80.5 cm³/mol. The summed E-state index contributed by atoms with van der Waals surface area (Å²) in [5.74, 6) is 1.82. The molecule has 0 aromatic heterocycles. The van der Waals surface area contributed by atoms with Gasteiger partial charge in [-0.15, -0.1) is 0 Å². The van der Waals surface area contributed by atoms with E-state index in [0.717, 1.165) is 25.0 Å². The third-order valence-corrected chi connectivity index (χ3v) is 4.20. The molecule has 2 unspecified atom stereocenters. The first kappa shape index (κ1) is 16.9. The topological polar surface area (TPSA) is 30.5 Å². The Morgan fingerprint density at radius 3 is 2.58 bits per heavy atom. The van der Waals surface area contributed by atoms with Crippen molar-refractivity contribution in [2.75, 3.05) is 40.0 Å². The monoisotopic (exact) mass is 271 g/mol. The summed E-state index contributed by atoms with van der Waals surface area (Å²) in [5, 5.41) is 3.61. The van der Waals surface area contributed by atoms with Crippen LogP contribution in [0.3, 0.4) is 0 Å². The Hall–Kier alpha value is -0.120. The molecule has 3 nitrogen and oxygen atoms in total. The van der Waals surface area contributed by atoms with Crippen molar-refractivity contribution in [2.45, 2.75) is 51.9 Å². The molecule has 0 amide bonds. The van der Waals surface area contributed by atoms with E-state index < -0.39 is 0 Å². The maximum atomic E-state index is 5.56. The van der Waals surface area contributed by atoms with Gasteiger partial charge in [0.1, 0.15) is 0 Å². The zero-order chi connectivity index (χ0) is 13.8. The molecule has 1 fully saturated rings. The molecule has 0 heterocycles. The van der Waals surface area contributed by atoms with Gasteiger partial charge in [0.2, 0.25) is 0 Å². The SMILES string of the molecule is CCCNCC1CCCCC1CCCOCCOC. The van der Waals surface area contributed by atoms with Gasteiger partial charge in [-0.25, -0.2) is 0 Å². The van der Waals surface area contributed by atoms with Gasteiger partial charge in [0.05, 0.1) is 13.2 Å². The summed E-state index contributed by atoms with van der Waals surface area (Å²) >= 11 is 0. The molecule has 1 saturated carbocycles. The Bertz CT molecular complexity index is 199. The Morgan fingerprint density at radius 2 is 1.84 bits per heavy atom. The molecule has 1 N–H and O–H groups in total. The van der Waals surface area contributed by atoms with Gasteiger partial charge in [0.25, 0.3) is 0 Å². The van der Waals surface area contributed by atoms with Crippen LogP contribution in [0.2, 0.25) is 0 Å². The molecule has 114 valence electrons. The molecule has 1 aliphatic rings. The Balaban J connectivity index is 2.09. The minimum absolute atomic E-state index is 0.715. The van der Waals surface area contributed by atoms with Gasteiger partial charge in [-0.05, 0) is 50.6 Å². The Labute approximate surface area is 119 Å². The lowest BCUT2D eigenvalue weighted by Gasteiger charge is -2.32. The lowest BCUT2D eigenvalue weighted by Crippen LogP contribution is -2.31. The number of rotatable bonds is 11. The average Bonchev–Trinajstić information content (AvgIpc) is 2.44. The van der Waals surface area contributed by atoms with Crippen LogP contribution in [0.5, 0.6) is 0 Å². The second kappa shape index (κ2) is 11.7. The molecular weight excluding hydrogens is 238 g/mol. The molecule has 3 heteroatoms. The summed E-state index contributed by atoms with van der Waals surface area (Å²) in [5.41, 5.74) is 0. The highest BCUT2D eigenvalue weighted by Gasteiger charge is 2.24. The summed E-state index contributed by atoms with van der Waals surface area (Å²) in [6.07, 6.45) is 9.50. The minimum atomic E-state index is 0.715. The highest BCUT2D eigenvalue weighted by atomic mass is 16.5. The zero-order valence-electron chi connectivity index (χ0n) is 13.0. The number of hydrogen-bond donors (Lipinski definition) is 1. The van der Waals surface area contributed by atoms with Gasteiger partial charge in [-0.1, -0.05) is 26.2 Å². The van der Waals surface area contributed by atoms with Crippen molar-refractivity contribution >= 4 is 0 Å². The molecule has 0 bridgehead atoms. The lowest BCUT2D eigenvalue weighted by atomic mass is 9.77. The molecule has 0 radical (unpaired) electrons. The van der Waals surface area contributed by atoms with Crippen molar-refractivity contribution in [3.8, 4) is 0 Å². The lowest BCUT2D eigenvalue weighted by molar-refractivity contribution is 0.0645. The second-order valence-corrected chi connectivity index (χ2v) is 5.76. The zero-order valence-corrected chi connectivity index (χ0v) is 13.0. The first-order valence-electron chi connectivity index (χ1n) is 8.15. The molecule has 2 atom stereocenters. The van der Waals surface area contributed by atoms with Gasteiger partial charge in [-0.2, -0.15) is 0 Å². The van der Waals surface area contributed by atoms with Gasteiger partial charge in [0, 0.05) is 13.7 Å². The molecule has 19 heavy (non-hydrogen) atoms. The molecule has 0 aromatic carbocycles. The van der Waals surface area contributed by atoms with Gasteiger partial charge in [-0.3, -0.25) is 0 Å². The standard InChI is InChI=1S/C16H33NO2/c1-3-10-17-14-16-8-5-4-7-15(16)9-6-11-19-13-12-18-2/h15-17H,3-14H2,1-2H3. The third kappa shape index (κ3) is 7.91. The summed E-state index contributed by atoms with van der Waals surface area (Å²) < 4.78 is 10.5. The molecule has 1 rings (SSSR count). The second-order valence-electron chi connectivity index (χ2n) is 5.76. The van der Waals surface area contributed by atoms with Gasteiger partial charge < -0.3 is 14.8 Å². The maximum Gasteiger partial charge on any atom is 0.0700 e. The average molecular weight is 271 g/mol. The van der Waals surface area contributed by atoms with Crippen LogP contribution in [0, 0.1) is 11.8 Å². The largest absolute Gasteiger partial charge is 0.382 e. The molecule has 0 spiro atoms. The van der Waals surface area contributed by atoms with Gasteiger partial charge in [0.15, 0.2) is 0 Å². The van der Waals surface area contributed by atoms with Crippen LogP contribution in [0.4, 0.5) is 0 Å². The van der Waals surface area contributed by atoms with E-state index in [0.29, 0.717) is 6.61 Å². The number of nitrogens with one attached hydrogen (secondary N) is 1. The highest BCUT2D eigenvalue weighted by Crippen LogP contribution is 2.32. The number of ether oxygens (including phenoxy) is 2. The van der Waals surface area contributed by atoms with Crippen LogP contribution in [-0.4, -0.2) is 40.0 Å². The van der Waals surface area contributed by atoms with Crippen molar-refractivity contribution in [3.63, 3.8) is 0 Å². The molecular formula is C16H33NO2. The van der Waals surface area contributed by atoms with Crippen molar-refractivity contribution < 1.29 is 9.47 Å². The molecule has 0 saturated heterocycles. The van der Waals surface area contributed by atoms with Crippen LogP contribution in [-0.2, 0) is 9.47 Å². The van der Waals surface area contributed by atoms with E-state index in [9.17, 15) is 0 Å². The Kier molecular flexibility index (Phi) is 10.4. The third-order valence-electron chi connectivity index (χ3n) is 4.20. The quantitative estimate of drug-likeness (QED) is 0.585. The highest BCUT2D eigenvalue weighted by molar-refractivity contribution is 4.77. The van der Waals surface area contributed by atoms with E-state index in [-0.39, 0.29) is 0 Å². The maximum absolute atomic E-state index is 5.56. The molecule has 0 aromatic rings. The van der Waals surface area contributed by atoms with Crippen molar-refractivity contribution in [1.29, 1.82) is 0 Å². The smallest absolute Gasteiger partial charge is 0.0700 e. The van der Waals surface area contributed by atoms with Crippen LogP contribution < -0.4 is 5.32 Å². The summed E-state index contributed by atoms with van der Waals surface area (Å²) in [6, 6.07) is 0. The summed E-state index contributed by atoms with van der Waals surface area (Å²) in [6.45, 7) is 6.99. The van der Waals surface area contributed by atoms with Gasteiger partial charge >= 0.3 is 0 Å². The first-order chi connectivity index (χ1) is 9.38. The minimum Gasteiger partial charge on any atom is -0.382 e. The summed E-state index contributed by atoms with van der Waals surface area (Å²) in [4.78, 5) is 0. The summed E-state index contributed by atoms with van der Waals surface area (Å²) in [7, 11) is 1.72. The fourth-order valence-corrected chi connectivity index (χ4v) is 3.09. The predicted octanol–water partition coefficient (Wildman–Crippen LogP) is 3.24. The van der Waals surface area contributed by atoms with Crippen molar-refractivity contribution in [1.82, 2.24) is 5.32 Å². The number of hydrogen-bond acceptors (Lipinski definition) is 3. The van der Waals surface area contributed by atoms with E-state index in [4.69, 9.17) is 9.47 Å². The van der Waals surface area contributed by atoms with Crippen molar-refractivity contribution in [3.05, 3.63) is 0 Å². The molecule has 1 aliphatic carbocycles. The van der Waals surface area contributed by atoms with E-state index in [1.807, 2.05) is 0 Å². The van der Waals surface area contributed by atoms with E-state index in [1.54, 1.807) is 7.11 Å². The fourth-order valence-electron chi connectivity index (χ4n) is 3.09.